The van der Waals surface area contributed by atoms with E-state index < -0.39 is 41.9 Å². The van der Waals surface area contributed by atoms with Gasteiger partial charge in [0.15, 0.2) is 0 Å². The average Bonchev–Trinajstić information content (AvgIpc) is 3.03. The van der Waals surface area contributed by atoms with Crippen LogP contribution in [0.3, 0.4) is 0 Å². The molecule has 1 fully saturated rings. The summed E-state index contributed by atoms with van der Waals surface area (Å²) in [5.41, 5.74) is 2.48. The minimum atomic E-state index is -4.84. The fourth-order valence-corrected chi connectivity index (χ4v) is 4.48. The summed E-state index contributed by atoms with van der Waals surface area (Å²) >= 11 is 0. The highest BCUT2D eigenvalue weighted by Gasteiger charge is 2.45. The largest absolute Gasteiger partial charge is 0.461 e. The normalized spacial score (nSPS) is 14.6. The zero-order valence-corrected chi connectivity index (χ0v) is 26.0. The zero-order valence-electron chi connectivity index (χ0n) is 26.0. The average molecular weight is 679 g/mol. The minimum absolute atomic E-state index is 0.0174. The van der Waals surface area contributed by atoms with Crippen molar-refractivity contribution in [1.29, 1.82) is 0 Å². The Morgan fingerprint density at radius 2 is 1.48 bits per heavy atom. The second-order valence-electron chi connectivity index (χ2n) is 10.8. The van der Waals surface area contributed by atoms with Gasteiger partial charge in [0.05, 0.1) is 6.04 Å². The zero-order chi connectivity index (χ0) is 35.3. The number of aryl methyl sites for hydroxylation is 1. The summed E-state index contributed by atoms with van der Waals surface area (Å²) in [6.45, 7) is 2.08. The molecule has 5 rings (SSSR count). The van der Waals surface area contributed by atoms with E-state index >= 15 is 0 Å². The van der Waals surface area contributed by atoms with E-state index in [1.165, 1.54) is 23.8 Å². The van der Waals surface area contributed by atoms with E-state index in [-0.39, 0.29) is 42.0 Å². The molecule has 0 bridgehead atoms. The molecular formula is C36H34F8N2O2. The smallest absolute Gasteiger partial charge is 0.428 e. The summed E-state index contributed by atoms with van der Waals surface area (Å²) in [5, 5.41) is 5.17. The maximum atomic E-state index is 14.3. The molecule has 0 radical (unpaired) electrons. The molecule has 1 aliphatic rings. The molecule has 0 spiro atoms. The molecule has 4 nitrogen and oxygen atoms in total. The van der Waals surface area contributed by atoms with Crippen molar-refractivity contribution in [2.75, 3.05) is 7.05 Å². The van der Waals surface area contributed by atoms with Gasteiger partial charge >= 0.3 is 12.5 Å². The number of hydrogen-bond acceptors (Lipinski definition) is 3. The summed E-state index contributed by atoms with van der Waals surface area (Å²) in [7, 11) is 1.71. The van der Waals surface area contributed by atoms with E-state index in [1.807, 2.05) is 24.3 Å². The summed E-state index contributed by atoms with van der Waals surface area (Å²) in [5.74, 6) is -4.86. The molecule has 1 atom stereocenters. The molecule has 0 unspecified atom stereocenters. The molecule has 2 N–H and O–H groups in total. The number of alkyl halides is 6. The number of nitrogens with one attached hydrogen (secondary N) is 2. The summed E-state index contributed by atoms with van der Waals surface area (Å²) in [6, 6.07) is 24.4. The highest BCUT2D eigenvalue weighted by molar-refractivity contribution is 5.70. The molecule has 4 aromatic carbocycles. The first-order chi connectivity index (χ1) is 22.7. The molecule has 0 heterocycles. The molecular weight excluding hydrogens is 644 g/mol. The van der Waals surface area contributed by atoms with E-state index in [0.717, 1.165) is 23.8 Å². The molecule has 0 aliphatic heterocycles. The van der Waals surface area contributed by atoms with E-state index in [0.29, 0.717) is 6.07 Å². The van der Waals surface area contributed by atoms with Crippen molar-refractivity contribution >= 4 is 18.6 Å². The monoisotopic (exact) mass is 678 g/mol. The van der Waals surface area contributed by atoms with Crippen LogP contribution in [0.4, 0.5) is 35.1 Å². The van der Waals surface area contributed by atoms with Gasteiger partial charge in [0, 0.05) is 30.5 Å². The first-order valence-corrected chi connectivity index (χ1v) is 14.7. The Morgan fingerprint density at radius 1 is 0.854 bits per heavy atom. The van der Waals surface area contributed by atoms with Gasteiger partial charge in [-0.15, -0.1) is 0 Å². The number of ether oxygens (including phenoxy) is 1. The van der Waals surface area contributed by atoms with E-state index in [9.17, 15) is 39.9 Å². The number of carbonyl (C=O) groups is 1. The Morgan fingerprint density at radius 3 is 1.98 bits per heavy atom. The third kappa shape index (κ3) is 11.8. The fraction of sp³-hybridized carbons (Fsp3) is 0.250. The maximum Gasteiger partial charge on any atom is 0.461 e. The van der Waals surface area contributed by atoms with Gasteiger partial charge < -0.3 is 15.4 Å². The number of benzene rings is 4. The van der Waals surface area contributed by atoms with Crippen LogP contribution in [0.1, 0.15) is 46.7 Å². The second-order valence-corrected chi connectivity index (χ2v) is 10.8. The van der Waals surface area contributed by atoms with Crippen LogP contribution in [-0.4, -0.2) is 38.0 Å². The van der Waals surface area contributed by atoms with Gasteiger partial charge in [-0.05, 0) is 54.9 Å². The molecule has 0 aromatic heterocycles. The van der Waals surface area contributed by atoms with Gasteiger partial charge in [0.1, 0.15) is 17.4 Å². The number of halogens is 8. The standard InChI is InChI=1S/C24H17F6NO2.C7H8.C5H9F2N/c25-19-11-18(12-20(13-19)33-24(29,30)23(27)28)22(31-14-32)17-8-9-21(26)16(10-17)7-6-15-4-2-1-3-5-15;1-7-5-3-2-4-6-7;1-8-4-2-5(6,7)3-4/h1-14,22-23H,(H,31,32);2-6H,1H3;4,8H,2-3H2,1H3/b7-6+;;/t22-;;/m1../s1. The van der Waals surface area contributed by atoms with Gasteiger partial charge in [0.25, 0.3) is 5.92 Å². The van der Waals surface area contributed by atoms with Crippen molar-refractivity contribution in [1.82, 2.24) is 10.6 Å². The Hall–Kier alpha value is -4.71. The van der Waals surface area contributed by atoms with Gasteiger partial charge in [-0.25, -0.2) is 17.6 Å². The van der Waals surface area contributed by atoms with Crippen LogP contribution in [0.25, 0.3) is 12.2 Å². The lowest BCUT2D eigenvalue weighted by molar-refractivity contribution is -0.253. The maximum absolute atomic E-state index is 14.3. The predicted octanol–water partition coefficient (Wildman–Crippen LogP) is 9.21. The van der Waals surface area contributed by atoms with Crippen LogP contribution >= 0.6 is 0 Å². The third-order valence-electron chi connectivity index (χ3n) is 7.02. The molecule has 48 heavy (non-hydrogen) atoms. The van der Waals surface area contributed by atoms with Gasteiger partial charge in [0.2, 0.25) is 6.41 Å². The lowest BCUT2D eigenvalue weighted by atomic mass is 9.88. The molecule has 1 amide bonds. The molecule has 1 aliphatic carbocycles. The minimum Gasteiger partial charge on any atom is -0.428 e. The lowest BCUT2D eigenvalue weighted by Crippen LogP contribution is -2.46. The Kier molecular flexibility index (Phi) is 13.7. The topological polar surface area (TPSA) is 50.4 Å². The summed E-state index contributed by atoms with van der Waals surface area (Å²) < 4.78 is 108. The van der Waals surface area contributed by atoms with Crippen LogP contribution < -0.4 is 15.4 Å². The fourth-order valence-electron chi connectivity index (χ4n) is 4.48. The number of carbonyl (C=O) groups excluding carboxylic acids is 1. The number of amides is 1. The molecule has 1 saturated carbocycles. The van der Waals surface area contributed by atoms with Crippen molar-refractivity contribution in [2.45, 2.75) is 50.3 Å². The van der Waals surface area contributed by atoms with Crippen molar-refractivity contribution in [3.8, 4) is 5.75 Å². The first-order valence-electron chi connectivity index (χ1n) is 14.7. The lowest BCUT2D eigenvalue weighted by Gasteiger charge is -2.34. The molecule has 12 heteroatoms. The quantitative estimate of drug-likeness (QED) is 0.1000. The predicted molar refractivity (Wildman–Crippen MR) is 169 cm³/mol. The van der Waals surface area contributed by atoms with Crippen LogP contribution in [0.2, 0.25) is 0 Å². The molecule has 256 valence electrons. The van der Waals surface area contributed by atoms with Crippen LogP contribution in [-0.2, 0) is 4.79 Å². The van der Waals surface area contributed by atoms with Crippen molar-refractivity contribution in [3.63, 3.8) is 0 Å². The SMILES string of the molecule is CNC1CC(F)(F)C1.Cc1ccccc1.O=CN[C@@H](c1cc(F)cc(OC(F)(F)C(F)F)c1)c1ccc(F)c(/C=C/c2ccccc2)c1. The van der Waals surface area contributed by atoms with Gasteiger partial charge in [-0.2, -0.15) is 17.6 Å². The second kappa shape index (κ2) is 17.4. The van der Waals surface area contributed by atoms with E-state index in [2.05, 4.69) is 34.4 Å². The number of rotatable bonds is 10. The summed E-state index contributed by atoms with van der Waals surface area (Å²) in [6.07, 6.45) is -5.51. The highest BCUT2D eigenvalue weighted by atomic mass is 19.3. The van der Waals surface area contributed by atoms with E-state index in [1.54, 1.807) is 37.4 Å². The van der Waals surface area contributed by atoms with Gasteiger partial charge in [-0.3, -0.25) is 4.79 Å². The van der Waals surface area contributed by atoms with Crippen LogP contribution in [0.15, 0.2) is 97.1 Å². The van der Waals surface area contributed by atoms with Crippen molar-refractivity contribution in [2.24, 2.45) is 0 Å². The van der Waals surface area contributed by atoms with E-state index in [4.69, 9.17) is 0 Å². The number of hydrogen-bond donors (Lipinski definition) is 2. The third-order valence-corrected chi connectivity index (χ3v) is 7.02. The summed E-state index contributed by atoms with van der Waals surface area (Å²) in [4.78, 5) is 11.2. The highest BCUT2D eigenvalue weighted by Crippen LogP contribution is 2.37. The van der Waals surface area contributed by atoms with Crippen LogP contribution in [0.5, 0.6) is 5.75 Å². The van der Waals surface area contributed by atoms with Crippen molar-refractivity contribution in [3.05, 3.63) is 137 Å². The van der Waals surface area contributed by atoms with Gasteiger partial charge in [-0.1, -0.05) is 84.4 Å². The van der Waals surface area contributed by atoms with Crippen LogP contribution in [0, 0.1) is 18.6 Å². The first kappa shape index (κ1) is 37.7. The molecule has 0 saturated heterocycles. The molecule has 4 aromatic rings. The Bertz CT molecular complexity index is 1610. The van der Waals surface area contributed by atoms with Crippen molar-refractivity contribution < 1.29 is 44.7 Å². The Labute approximate surface area is 273 Å². The Balaban J connectivity index is 0.000000338.